The number of aliphatic carboxylic acids is 1. The number of amides is 1. The fourth-order valence-electron chi connectivity index (χ4n) is 1.60. The van der Waals surface area contributed by atoms with E-state index in [9.17, 15) is 22.8 Å². The van der Waals surface area contributed by atoms with Gasteiger partial charge in [0.1, 0.15) is 0 Å². The number of benzene rings is 1. The SMILES string of the molecule is CC(=O)N(CCC(=O)O)Cc1ccc(C(F)(F)F)cc1. The second-order valence-electron chi connectivity index (χ2n) is 4.28. The van der Waals surface area contributed by atoms with Crippen molar-refractivity contribution in [1.29, 1.82) is 0 Å². The highest BCUT2D eigenvalue weighted by Crippen LogP contribution is 2.29. The second-order valence-corrected chi connectivity index (χ2v) is 4.28. The Hall–Kier alpha value is -2.05. The molecule has 0 aliphatic rings. The van der Waals surface area contributed by atoms with E-state index in [1.54, 1.807) is 0 Å². The lowest BCUT2D eigenvalue weighted by molar-refractivity contribution is -0.139. The fourth-order valence-corrected chi connectivity index (χ4v) is 1.60. The zero-order valence-electron chi connectivity index (χ0n) is 10.8. The molecule has 0 bridgehead atoms. The number of alkyl halides is 3. The van der Waals surface area contributed by atoms with Gasteiger partial charge in [0.05, 0.1) is 12.0 Å². The third kappa shape index (κ3) is 4.91. The number of nitrogens with zero attached hydrogens (tertiary/aromatic N) is 1. The van der Waals surface area contributed by atoms with Gasteiger partial charge < -0.3 is 10.0 Å². The Morgan fingerprint density at radius 2 is 1.75 bits per heavy atom. The number of carbonyl (C=O) groups is 2. The predicted octanol–water partition coefficient (Wildman–Crippen LogP) is 2.53. The van der Waals surface area contributed by atoms with E-state index < -0.39 is 17.7 Å². The summed E-state index contributed by atoms with van der Waals surface area (Å²) in [6.07, 6.45) is -4.61. The molecule has 0 fully saturated rings. The Morgan fingerprint density at radius 1 is 1.20 bits per heavy atom. The van der Waals surface area contributed by atoms with Crippen molar-refractivity contribution in [2.24, 2.45) is 0 Å². The van der Waals surface area contributed by atoms with Crippen molar-refractivity contribution in [2.45, 2.75) is 26.1 Å². The number of hydrogen-bond donors (Lipinski definition) is 1. The average Bonchev–Trinajstić information content (AvgIpc) is 2.33. The molecule has 0 atom stereocenters. The fraction of sp³-hybridized carbons (Fsp3) is 0.385. The summed E-state index contributed by atoms with van der Waals surface area (Å²) in [5.74, 6) is -1.37. The lowest BCUT2D eigenvalue weighted by atomic mass is 10.1. The van der Waals surface area contributed by atoms with Crippen LogP contribution in [-0.4, -0.2) is 28.4 Å². The number of halogens is 3. The lowest BCUT2D eigenvalue weighted by Gasteiger charge is -2.20. The Bertz CT molecular complexity index is 483. The molecule has 0 unspecified atom stereocenters. The van der Waals surface area contributed by atoms with Gasteiger partial charge in [0, 0.05) is 20.0 Å². The highest BCUT2D eigenvalue weighted by Gasteiger charge is 2.30. The van der Waals surface area contributed by atoms with Gasteiger partial charge >= 0.3 is 12.1 Å². The van der Waals surface area contributed by atoms with Gasteiger partial charge in [0.15, 0.2) is 0 Å². The van der Waals surface area contributed by atoms with Crippen LogP contribution in [0.1, 0.15) is 24.5 Å². The molecule has 20 heavy (non-hydrogen) atoms. The molecule has 7 heteroatoms. The molecule has 0 radical (unpaired) electrons. The van der Waals surface area contributed by atoms with E-state index in [1.807, 2.05) is 0 Å². The molecular weight excluding hydrogens is 275 g/mol. The summed E-state index contributed by atoms with van der Waals surface area (Å²) in [7, 11) is 0. The molecule has 4 nitrogen and oxygen atoms in total. The minimum atomic E-state index is -4.40. The van der Waals surface area contributed by atoms with Crippen molar-refractivity contribution < 1.29 is 27.9 Å². The Labute approximate surface area is 113 Å². The van der Waals surface area contributed by atoms with Gasteiger partial charge in [-0.25, -0.2) is 0 Å². The Morgan fingerprint density at radius 3 is 2.15 bits per heavy atom. The van der Waals surface area contributed by atoms with Crippen LogP contribution in [0.15, 0.2) is 24.3 Å². The summed E-state index contributed by atoms with van der Waals surface area (Å²) < 4.78 is 37.2. The minimum absolute atomic E-state index is 0.0195. The molecule has 0 spiro atoms. The zero-order valence-corrected chi connectivity index (χ0v) is 10.8. The van der Waals surface area contributed by atoms with Crippen molar-refractivity contribution in [3.05, 3.63) is 35.4 Å². The molecule has 0 aromatic heterocycles. The molecule has 1 rings (SSSR count). The third-order valence-corrected chi connectivity index (χ3v) is 2.70. The van der Waals surface area contributed by atoms with E-state index in [0.29, 0.717) is 5.56 Å². The van der Waals surface area contributed by atoms with Gasteiger partial charge in [-0.1, -0.05) is 12.1 Å². The summed E-state index contributed by atoms with van der Waals surface area (Å²) in [4.78, 5) is 23.1. The topological polar surface area (TPSA) is 57.6 Å². The van der Waals surface area contributed by atoms with Crippen molar-refractivity contribution in [3.8, 4) is 0 Å². The average molecular weight is 289 g/mol. The molecule has 1 amide bonds. The number of rotatable bonds is 5. The molecule has 0 saturated carbocycles. The normalized spacial score (nSPS) is 11.2. The maximum Gasteiger partial charge on any atom is 0.416 e. The predicted molar refractivity (Wildman–Crippen MR) is 64.8 cm³/mol. The van der Waals surface area contributed by atoms with Crippen LogP contribution in [-0.2, 0) is 22.3 Å². The monoisotopic (exact) mass is 289 g/mol. The van der Waals surface area contributed by atoms with E-state index in [2.05, 4.69) is 0 Å². The molecule has 0 aliphatic carbocycles. The maximum absolute atomic E-state index is 12.4. The first-order valence-corrected chi connectivity index (χ1v) is 5.83. The molecule has 1 aromatic carbocycles. The molecular formula is C13H14F3NO3. The van der Waals surface area contributed by atoms with Crippen molar-refractivity contribution in [2.75, 3.05) is 6.54 Å². The van der Waals surface area contributed by atoms with Gasteiger partial charge in [-0.3, -0.25) is 9.59 Å². The van der Waals surface area contributed by atoms with Gasteiger partial charge in [0.2, 0.25) is 5.91 Å². The van der Waals surface area contributed by atoms with Crippen molar-refractivity contribution in [3.63, 3.8) is 0 Å². The van der Waals surface area contributed by atoms with Crippen LogP contribution >= 0.6 is 0 Å². The molecule has 0 aliphatic heterocycles. The third-order valence-electron chi connectivity index (χ3n) is 2.70. The highest BCUT2D eigenvalue weighted by atomic mass is 19.4. The number of carbonyl (C=O) groups excluding carboxylic acids is 1. The molecule has 0 heterocycles. The van der Waals surface area contributed by atoms with Gasteiger partial charge in [-0.05, 0) is 17.7 Å². The first-order valence-electron chi connectivity index (χ1n) is 5.83. The van der Waals surface area contributed by atoms with Crippen LogP contribution in [0.2, 0.25) is 0 Å². The summed E-state index contributed by atoms with van der Waals surface area (Å²) in [5, 5.41) is 8.57. The van der Waals surface area contributed by atoms with Crippen LogP contribution in [0, 0.1) is 0 Å². The van der Waals surface area contributed by atoms with Crippen LogP contribution in [0.3, 0.4) is 0 Å². The number of carboxylic acids is 1. The molecule has 110 valence electrons. The number of hydrogen-bond acceptors (Lipinski definition) is 2. The Kier molecular flexibility index (Phi) is 5.12. The van der Waals surface area contributed by atoms with Crippen molar-refractivity contribution in [1.82, 2.24) is 4.90 Å². The highest BCUT2D eigenvalue weighted by molar-refractivity contribution is 5.74. The van der Waals surface area contributed by atoms with E-state index in [4.69, 9.17) is 5.11 Å². The first-order chi connectivity index (χ1) is 9.20. The van der Waals surface area contributed by atoms with E-state index in [-0.39, 0.29) is 25.4 Å². The Balaban J connectivity index is 2.74. The van der Waals surface area contributed by atoms with E-state index in [1.165, 1.54) is 24.0 Å². The van der Waals surface area contributed by atoms with Crippen LogP contribution < -0.4 is 0 Å². The number of carboxylic acid groups (broad SMARTS) is 1. The molecule has 0 saturated heterocycles. The van der Waals surface area contributed by atoms with Crippen molar-refractivity contribution >= 4 is 11.9 Å². The van der Waals surface area contributed by atoms with E-state index >= 15 is 0 Å². The maximum atomic E-state index is 12.4. The first kappa shape index (κ1) is 16.0. The molecule has 1 aromatic rings. The smallest absolute Gasteiger partial charge is 0.416 e. The summed E-state index contributed by atoms with van der Waals surface area (Å²) in [5.41, 5.74) is -0.250. The standard InChI is InChI=1S/C13H14F3NO3/c1-9(18)17(7-6-12(19)20)8-10-2-4-11(5-3-10)13(14,15)16/h2-5H,6-8H2,1H3,(H,19,20). The van der Waals surface area contributed by atoms with Gasteiger partial charge in [0.25, 0.3) is 0 Å². The summed E-state index contributed by atoms with van der Waals surface area (Å²) in [6, 6.07) is 4.43. The quantitative estimate of drug-likeness (QED) is 0.906. The minimum Gasteiger partial charge on any atom is -0.481 e. The van der Waals surface area contributed by atoms with Crippen LogP contribution in [0.4, 0.5) is 13.2 Å². The second kappa shape index (κ2) is 6.40. The van der Waals surface area contributed by atoms with Crippen LogP contribution in [0.25, 0.3) is 0 Å². The van der Waals surface area contributed by atoms with Gasteiger partial charge in [-0.2, -0.15) is 13.2 Å². The molecule has 1 N–H and O–H groups in total. The van der Waals surface area contributed by atoms with Crippen LogP contribution in [0.5, 0.6) is 0 Å². The lowest BCUT2D eigenvalue weighted by Crippen LogP contribution is -2.30. The largest absolute Gasteiger partial charge is 0.481 e. The summed E-state index contributed by atoms with van der Waals surface area (Å²) >= 11 is 0. The zero-order chi connectivity index (χ0) is 15.3. The van der Waals surface area contributed by atoms with E-state index in [0.717, 1.165) is 12.1 Å². The summed E-state index contributed by atoms with van der Waals surface area (Å²) in [6.45, 7) is 1.39. The van der Waals surface area contributed by atoms with Gasteiger partial charge in [-0.15, -0.1) is 0 Å².